The number of aryl methyl sites for hydroxylation is 1. The Balaban J connectivity index is 0.000000322. The molecule has 0 aliphatic rings. The smallest absolute Gasteiger partial charge is 0.430 e. The van der Waals surface area contributed by atoms with Crippen molar-refractivity contribution >= 4 is 11.9 Å². The average molecular weight is 332 g/mol. The standard InChI is InChI=1S/C11H10N2O3.C2HF3O2/c14-11(15)2-5-13-4-1-9(7-12-13)10-3-6-16-8-10;3-2(4,5)1(6)7/h1,3-4,6-8H,2,5H2;(H,6,7). The van der Waals surface area contributed by atoms with Gasteiger partial charge in [0, 0.05) is 17.2 Å². The Labute approximate surface area is 127 Å². The first kappa shape index (κ1) is 18.1. The molecule has 0 atom stereocenters. The lowest BCUT2D eigenvalue weighted by Crippen LogP contribution is -2.38. The lowest BCUT2D eigenvalue weighted by atomic mass is 10.2. The number of rotatable bonds is 4. The molecule has 0 aliphatic heterocycles. The summed E-state index contributed by atoms with van der Waals surface area (Å²) in [5.41, 5.74) is 1.90. The molecule has 2 heterocycles. The van der Waals surface area contributed by atoms with E-state index in [0.717, 1.165) is 11.1 Å². The molecule has 23 heavy (non-hydrogen) atoms. The number of halogens is 3. The van der Waals surface area contributed by atoms with Gasteiger partial charge < -0.3 is 19.4 Å². The Bertz CT molecular complexity index is 639. The van der Waals surface area contributed by atoms with Crippen LogP contribution in [-0.2, 0) is 16.1 Å². The first-order valence-electron chi connectivity index (χ1n) is 6.08. The van der Waals surface area contributed by atoms with Crippen molar-refractivity contribution in [2.45, 2.75) is 19.1 Å². The van der Waals surface area contributed by atoms with Crippen LogP contribution in [0.15, 0.2) is 41.5 Å². The Morgan fingerprint density at radius 3 is 2.35 bits per heavy atom. The predicted octanol–water partition coefficient (Wildman–Crippen LogP) is 0.402. The van der Waals surface area contributed by atoms with Gasteiger partial charge in [0.15, 0.2) is 12.7 Å². The quantitative estimate of drug-likeness (QED) is 0.812. The maximum absolute atomic E-state index is 10.5. The van der Waals surface area contributed by atoms with E-state index in [1.54, 1.807) is 29.6 Å². The number of furan rings is 1. The second kappa shape index (κ2) is 7.92. The molecule has 2 rings (SSSR count). The second-order valence-corrected chi connectivity index (χ2v) is 4.12. The molecular formula is C13H11F3N2O5. The van der Waals surface area contributed by atoms with E-state index in [-0.39, 0.29) is 6.42 Å². The molecule has 2 aromatic rings. The van der Waals surface area contributed by atoms with Gasteiger partial charge in [-0.25, -0.2) is 0 Å². The third-order valence-corrected chi connectivity index (χ3v) is 2.41. The number of carboxylic acid groups (broad SMARTS) is 2. The van der Waals surface area contributed by atoms with Gasteiger partial charge in [0.05, 0.1) is 12.5 Å². The van der Waals surface area contributed by atoms with Gasteiger partial charge in [-0.15, -0.1) is 0 Å². The van der Waals surface area contributed by atoms with Crippen molar-refractivity contribution in [1.29, 1.82) is 0 Å². The third kappa shape index (κ3) is 6.59. The van der Waals surface area contributed by atoms with Crippen LogP contribution in [0, 0.1) is 0 Å². The van der Waals surface area contributed by atoms with Gasteiger partial charge in [0.2, 0.25) is 0 Å². The molecule has 0 spiro atoms. The van der Waals surface area contributed by atoms with Crippen LogP contribution in [0.5, 0.6) is 0 Å². The van der Waals surface area contributed by atoms with Gasteiger partial charge in [0.1, 0.15) is 18.6 Å². The van der Waals surface area contributed by atoms with Crippen LogP contribution in [0.3, 0.4) is 0 Å². The summed E-state index contributed by atoms with van der Waals surface area (Å²) in [7, 11) is 0. The predicted molar refractivity (Wildman–Crippen MR) is 65.4 cm³/mol. The van der Waals surface area contributed by atoms with Crippen LogP contribution in [0.25, 0.3) is 11.1 Å². The fourth-order valence-corrected chi connectivity index (χ4v) is 1.33. The van der Waals surface area contributed by atoms with Crippen molar-refractivity contribution < 1.29 is 42.1 Å². The fourth-order valence-electron chi connectivity index (χ4n) is 1.33. The maximum atomic E-state index is 10.5. The number of nitrogens with zero attached hydrogens (tertiary/aromatic N) is 2. The van der Waals surface area contributed by atoms with Crippen molar-refractivity contribution in [3.63, 3.8) is 0 Å². The number of hydrogen-bond acceptors (Lipinski definition) is 5. The Morgan fingerprint density at radius 1 is 1.30 bits per heavy atom. The van der Waals surface area contributed by atoms with Gasteiger partial charge in [-0.2, -0.15) is 13.2 Å². The summed E-state index contributed by atoms with van der Waals surface area (Å²) in [6, 6.07) is 3.72. The van der Waals surface area contributed by atoms with Gasteiger partial charge in [-0.1, -0.05) is 4.68 Å². The Hall–Kier alpha value is -2.91. The highest BCUT2D eigenvalue weighted by Gasteiger charge is 2.28. The fraction of sp³-hybridized carbons (Fsp3) is 0.231. The highest BCUT2D eigenvalue weighted by molar-refractivity contribution is 5.70. The lowest BCUT2D eigenvalue weighted by Gasteiger charge is -2.03. The Morgan fingerprint density at radius 2 is 1.96 bits per heavy atom. The molecular weight excluding hydrogens is 321 g/mol. The van der Waals surface area contributed by atoms with Crippen LogP contribution in [0.4, 0.5) is 13.2 Å². The molecule has 0 saturated heterocycles. The van der Waals surface area contributed by atoms with Crippen molar-refractivity contribution in [3.8, 4) is 11.1 Å². The van der Waals surface area contributed by atoms with Crippen LogP contribution in [0.1, 0.15) is 6.42 Å². The van der Waals surface area contributed by atoms with Crippen molar-refractivity contribution in [3.05, 3.63) is 37.1 Å². The van der Waals surface area contributed by atoms with Gasteiger partial charge in [-0.3, -0.25) is 4.79 Å². The number of aliphatic carboxylic acids is 2. The van der Waals surface area contributed by atoms with Gasteiger partial charge in [0.25, 0.3) is 0 Å². The molecule has 0 bridgehead atoms. The topological polar surface area (TPSA) is 107 Å². The second-order valence-electron chi connectivity index (χ2n) is 4.12. The van der Waals surface area contributed by atoms with E-state index in [0.29, 0.717) is 6.54 Å². The normalized spacial score (nSPS) is 10.6. The van der Waals surface area contributed by atoms with E-state index in [9.17, 15) is 18.0 Å². The van der Waals surface area contributed by atoms with Crippen LogP contribution >= 0.6 is 0 Å². The summed E-state index contributed by atoms with van der Waals surface area (Å²) in [4.78, 5) is 19.2. The van der Waals surface area contributed by atoms with Crippen molar-refractivity contribution in [2.24, 2.45) is 0 Å². The van der Waals surface area contributed by atoms with E-state index in [2.05, 4.69) is 5.10 Å². The van der Waals surface area contributed by atoms with Gasteiger partial charge in [-0.05, 0) is 11.2 Å². The van der Waals surface area contributed by atoms with E-state index in [1.807, 2.05) is 12.1 Å². The molecule has 124 valence electrons. The molecule has 0 aromatic carbocycles. The number of aromatic nitrogens is 2. The summed E-state index contributed by atoms with van der Waals surface area (Å²) in [6.45, 7) is 0.376. The van der Waals surface area contributed by atoms with Crippen molar-refractivity contribution in [2.75, 3.05) is 0 Å². The third-order valence-electron chi connectivity index (χ3n) is 2.41. The molecule has 1 N–H and O–H groups in total. The number of carbonyl (C=O) groups is 2. The lowest BCUT2D eigenvalue weighted by molar-refractivity contribution is -0.752. The Kier molecular flexibility index (Phi) is 6.24. The number of carbonyl (C=O) groups excluding carboxylic acids is 1. The number of carboxylic acids is 2. The zero-order valence-electron chi connectivity index (χ0n) is 11.5. The summed E-state index contributed by atoms with van der Waals surface area (Å²) in [6.07, 6.45) is 1.56. The highest BCUT2D eigenvalue weighted by atomic mass is 19.4. The zero-order valence-corrected chi connectivity index (χ0v) is 11.5. The summed E-state index contributed by atoms with van der Waals surface area (Å²) >= 11 is 0. The molecule has 0 unspecified atom stereocenters. The summed E-state index contributed by atoms with van der Waals surface area (Å²) in [5, 5.41) is 21.4. The van der Waals surface area contributed by atoms with Crippen LogP contribution in [-0.4, -0.2) is 28.3 Å². The van der Waals surface area contributed by atoms with Crippen LogP contribution < -0.4 is 9.79 Å². The minimum absolute atomic E-state index is 0.0721. The molecule has 7 nitrogen and oxygen atoms in total. The van der Waals surface area contributed by atoms with E-state index >= 15 is 0 Å². The number of hydrogen-bond donors (Lipinski definition) is 1. The monoisotopic (exact) mass is 332 g/mol. The van der Waals surface area contributed by atoms with Gasteiger partial charge >= 0.3 is 12.1 Å². The van der Waals surface area contributed by atoms with E-state index < -0.39 is 18.1 Å². The maximum Gasteiger partial charge on any atom is 0.430 e. The first-order chi connectivity index (χ1) is 10.7. The summed E-state index contributed by atoms with van der Waals surface area (Å²) < 4.78 is 38.1. The molecule has 2 aromatic heterocycles. The van der Waals surface area contributed by atoms with E-state index in [4.69, 9.17) is 19.4 Å². The molecule has 10 heteroatoms. The minimum atomic E-state index is -5.19. The first-order valence-corrected chi connectivity index (χ1v) is 6.08. The molecule has 0 amide bonds. The average Bonchev–Trinajstić information content (AvgIpc) is 2.99. The largest absolute Gasteiger partial charge is 0.542 e. The van der Waals surface area contributed by atoms with E-state index in [1.165, 1.54) is 0 Å². The molecule has 0 radical (unpaired) electrons. The summed E-state index contributed by atoms with van der Waals surface area (Å²) in [5.74, 6) is -3.83. The minimum Gasteiger partial charge on any atom is -0.542 e. The van der Waals surface area contributed by atoms with Crippen LogP contribution in [0.2, 0.25) is 0 Å². The molecule has 0 aliphatic carbocycles. The SMILES string of the molecule is O=C(O)CC[n+]1ccc(-c2ccoc2)cn1.O=C([O-])C(F)(F)F. The number of alkyl halides is 3. The zero-order chi connectivity index (χ0) is 17.5. The molecule has 0 fully saturated rings. The molecule has 0 saturated carbocycles. The highest BCUT2D eigenvalue weighted by Crippen LogP contribution is 2.16. The van der Waals surface area contributed by atoms with Crippen molar-refractivity contribution in [1.82, 2.24) is 5.10 Å².